The molecule has 0 aliphatic heterocycles. The van der Waals surface area contributed by atoms with Crippen molar-refractivity contribution >= 4 is 34.6 Å². The predicted octanol–water partition coefficient (Wildman–Crippen LogP) is 2.69. The van der Waals surface area contributed by atoms with Crippen LogP contribution < -0.4 is 26.2 Å². The van der Waals surface area contributed by atoms with Crippen molar-refractivity contribution in [1.29, 1.82) is 0 Å². The van der Waals surface area contributed by atoms with Gasteiger partial charge in [-0.25, -0.2) is 0 Å². The van der Waals surface area contributed by atoms with Gasteiger partial charge < -0.3 is 15.4 Å². The van der Waals surface area contributed by atoms with Crippen LogP contribution in [0.2, 0.25) is 0 Å². The van der Waals surface area contributed by atoms with Crippen molar-refractivity contribution in [3.8, 4) is 5.75 Å². The van der Waals surface area contributed by atoms with Gasteiger partial charge in [-0.15, -0.1) is 0 Å². The van der Waals surface area contributed by atoms with E-state index in [-0.39, 0.29) is 12.5 Å². The van der Waals surface area contributed by atoms with E-state index < -0.39 is 0 Å². The highest BCUT2D eigenvalue weighted by atomic mass is 32.1. The summed E-state index contributed by atoms with van der Waals surface area (Å²) in [5.74, 6) is 0.529. The van der Waals surface area contributed by atoms with Crippen molar-refractivity contribution in [2.24, 2.45) is 0 Å². The van der Waals surface area contributed by atoms with Crippen LogP contribution in [0.3, 0.4) is 0 Å². The summed E-state index contributed by atoms with van der Waals surface area (Å²) in [6, 6.07) is 15.3. The second-order valence-corrected chi connectivity index (χ2v) is 5.67. The largest absolute Gasteiger partial charge is 0.497 e. The Labute approximate surface area is 152 Å². The Kier molecular flexibility index (Phi) is 7.03. The molecule has 0 bridgehead atoms. The molecular formula is C18H22N4O2S. The maximum atomic E-state index is 11.8. The number of aryl methyl sites for hydroxylation is 1. The molecule has 1 amide bonds. The van der Waals surface area contributed by atoms with E-state index in [1.54, 1.807) is 7.11 Å². The number of hydrazine groups is 1. The standard InChI is InChI=1S/C18H22N4O2S/c1-3-13-4-6-15(7-5-13)20-18(25)22-21-17(23)12-19-14-8-10-16(24-2)11-9-14/h4-11,19H,3,12H2,1-2H3,(H,21,23)(H2,20,22,25). The fourth-order valence-corrected chi connectivity index (χ4v) is 2.22. The molecule has 0 saturated carbocycles. The number of rotatable bonds is 6. The maximum absolute atomic E-state index is 11.8. The fraction of sp³-hybridized carbons (Fsp3) is 0.222. The van der Waals surface area contributed by atoms with Crippen LogP contribution in [-0.2, 0) is 11.2 Å². The summed E-state index contributed by atoms with van der Waals surface area (Å²) in [6.07, 6.45) is 0.986. The summed E-state index contributed by atoms with van der Waals surface area (Å²) in [4.78, 5) is 11.8. The van der Waals surface area contributed by atoms with Crippen molar-refractivity contribution in [3.63, 3.8) is 0 Å². The van der Waals surface area contributed by atoms with Gasteiger partial charge in [-0.2, -0.15) is 0 Å². The summed E-state index contributed by atoms with van der Waals surface area (Å²) >= 11 is 5.15. The van der Waals surface area contributed by atoms with Gasteiger partial charge >= 0.3 is 0 Å². The molecule has 0 spiro atoms. The van der Waals surface area contributed by atoms with E-state index in [0.29, 0.717) is 5.11 Å². The average Bonchev–Trinajstić information content (AvgIpc) is 2.65. The van der Waals surface area contributed by atoms with Crippen molar-refractivity contribution < 1.29 is 9.53 Å². The first-order valence-corrected chi connectivity index (χ1v) is 8.34. The molecule has 0 heterocycles. The summed E-state index contributed by atoms with van der Waals surface area (Å²) in [6.45, 7) is 2.22. The zero-order valence-corrected chi connectivity index (χ0v) is 15.1. The summed E-state index contributed by atoms with van der Waals surface area (Å²) in [5.41, 5.74) is 8.15. The molecule has 2 aromatic carbocycles. The first-order valence-electron chi connectivity index (χ1n) is 7.93. The number of benzene rings is 2. The third-order valence-corrected chi connectivity index (χ3v) is 3.68. The minimum absolute atomic E-state index is 0.118. The number of amides is 1. The molecule has 0 atom stereocenters. The van der Waals surface area contributed by atoms with Crippen LogP contribution in [0.1, 0.15) is 12.5 Å². The van der Waals surface area contributed by atoms with E-state index in [1.165, 1.54) is 5.56 Å². The lowest BCUT2D eigenvalue weighted by Gasteiger charge is -2.12. The third kappa shape index (κ3) is 6.31. The minimum Gasteiger partial charge on any atom is -0.497 e. The Hall–Kier alpha value is -2.80. The highest BCUT2D eigenvalue weighted by molar-refractivity contribution is 7.80. The first kappa shape index (κ1) is 18.5. The maximum Gasteiger partial charge on any atom is 0.257 e. The monoisotopic (exact) mass is 358 g/mol. The lowest BCUT2D eigenvalue weighted by atomic mass is 10.1. The van der Waals surface area contributed by atoms with Crippen LogP contribution in [0.15, 0.2) is 48.5 Å². The molecule has 2 rings (SSSR count). The third-order valence-electron chi connectivity index (χ3n) is 3.48. The topological polar surface area (TPSA) is 74.4 Å². The van der Waals surface area contributed by atoms with E-state index in [9.17, 15) is 4.79 Å². The molecule has 7 heteroatoms. The van der Waals surface area contributed by atoms with Gasteiger partial charge in [-0.05, 0) is 60.6 Å². The molecule has 0 unspecified atom stereocenters. The molecule has 0 fully saturated rings. The molecule has 0 saturated heterocycles. The van der Waals surface area contributed by atoms with Gasteiger partial charge in [0.15, 0.2) is 5.11 Å². The predicted molar refractivity (Wildman–Crippen MR) is 105 cm³/mol. The molecule has 6 nitrogen and oxygen atoms in total. The number of ether oxygens (including phenoxy) is 1. The van der Waals surface area contributed by atoms with E-state index in [0.717, 1.165) is 23.5 Å². The quantitative estimate of drug-likeness (QED) is 0.470. The highest BCUT2D eigenvalue weighted by Gasteiger charge is 2.03. The van der Waals surface area contributed by atoms with E-state index >= 15 is 0 Å². The van der Waals surface area contributed by atoms with Gasteiger partial charge in [-0.1, -0.05) is 19.1 Å². The van der Waals surface area contributed by atoms with E-state index in [2.05, 4.69) is 28.4 Å². The Morgan fingerprint density at radius 3 is 2.24 bits per heavy atom. The fourth-order valence-electron chi connectivity index (χ4n) is 2.05. The van der Waals surface area contributed by atoms with Gasteiger partial charge in [0.25, 0.3) is 5.91 Å². The molecule has 4 N–H and O–H groups in total. The Morgan fingerprint density at radius 1 is 1.00 bits per heavy atom. The molecule has 2 aromatic rings. The Bertz CT molecular complexity index is 702. The molecule has 0 aromatic heterocycles. The second-order valence-electron chi connectivity index (χ2n) is 5.26. The van der Waals surface area contributed by atoms with Gasteiger partial charge in [0.05, 0.1) is 13.7 Å². The van der Waals surface area contributed by atoms with Crippen molar-refractivity contribution in [2.45, 2.75) is 13.3 Å². The number of carbonyl (C=O) groups is 1. The number of hydrogen-bond donors (Lipinski definition) is 4. The van der Waals surface area contributed by atoms with Gasteiger partial charge in [0.1, 0.15) is 5.75 Å². The first-order chi connectivity index (χ1) is 12.1. The molecule has 25 heavy (non-hydrogen) atoms. The molecule has 132 valence electrons. The van der Waals surface area contributed by atoms with Crippen LogP contribution in [0, 0.1) is 0 Å². The van der Waals surface area contributed by atoms with Gasteiger partial charge in [0.2, 0.25) is 0 Å². The SMILES string of the molecule is CCc1ccc(NC(=S)NNC(=O)CNc2ccc(OC)cc2)cc1. The number of methoxy groups -OCH3 is 1. The number of nitrogens with one attached hydrogen (secondary N) is 4. The van der Waals surface area contributed by atoms with Crippen LogP contribution in [-0.4, -0.2) is 24.7 Å². The Balaban J connectivity index is 1.70. The zero-order valence-electron chi connectivity index (χ0n) is 14.3. The summed E-state index contributed by atoms with van der Waals surface area (Å²) < 4.78 is 5.08. The summed E-state index contributed by atoms with van der Waals surface area (Å²) in [5, 5.41) is 6.34. The van der Waals surface area contributed by atoms with Gasteiger partial charge in [-0.3, -0.25) is 15.6 Å². The molecule has 0 aliphatic carbocycles. The lowest BCUT2D eigenvalue weighted by molar-refractivity contribution is -0.119. The Morgan fingerprint density at radius 2 is 1.64 bits per heavy atom. The number of thiocarbonyl (C=S) groups is 1. The smallest absolute Gasteiger partial charge is 0.257 e. The van der Waals surface area contributed by atoms with Crippen LogP contribution in [0.5, 0.6) is 5.75 Å². The minimum atomic E-state index is -0.235. The average molecular weight is 358 g/mol. The van der Waals surface area contributed by atoms with Crippen molar-refractivity contribution in [1.82, 2.24) is 10.9 Å². The molecule has 0 aliphatic rings. The van der Waals surface area contributed by atoms with Crippen LogP contribution in [0.25, 0.3) is 0 Å². The lowest BCUT2D eigenvalue weighted by Crippen LogP contribution is -2.45. The number of hydrogen-bond acceptors (Lipinski definition) is 4. The van der Waals surface area contributed by atoms with Crippen LogP contribution in [0.4, 0.5) is 11.4 Å². The van der Waals surface area contributed by atoms with Crippen molar-refractivity contribution in [2.75, 3.05) is 24.3 Å². The normalized spacial score (nSPS) is 9.84. The van der Waals surface area contributed by atoms with Crippen LogP contribution >= 0.6 is 12.2 Å². The molecular weight excluding hydrogens is 336 g/mol. The zero-order chi connectivity index (χ0) is 18.1. The summed E-state index contributed by atoms with van der Waals surface area (Å²) in [7, 11) is 1.61. The number of anilines is 2. The second kappa shape index (κ2) is 9.48. The van der Waals surface area contributed by atoms with Crippen molar-refractivity contribution in [3.05, 3.63) is 54.1 Å². The number of carbonyl (C=O) groups excluding carboxylic acids is 1. The molecule has 0 radical (unpaired) electrons. The highest BCUT2D eigenvalue weighted by Crippen LogP contribution is 2.14. The van der Waals surface area contributed by atoms with Gasteiger partial charge in [0, 0.05) is 11.4 Å². The van der Waals surface area contributed by atoms with E-state index in [4.69, 9.17) is 17.0 Å². The van der Waals surface area contributed by atoms with E-state index in [1.807, 2.05) is 48.5 Å².